The van der Waals surface area contributed by atoms with Crippen LogP contribution in [0.2, 0.25) is 0 Å². The maximum atomic E-state index is 12.0. The molecule has 3 aromatic rings. The van der Waals surface area contributed by atoms with Crippen LogP contribution in [0.1, 0.15) is 5.69 Å². The van der Waals surface area contributed by atoms with Crippen LogP contribution in [0.15, 0.2) is 35.2 Å². The second-order valence-electron chi connectivity index (χ2n) is 4.90. The maximum Gasteiger partial charge on any atom is 0.232 e. The van der Waals surface area contributed by atoms with Crippen molar-refractivity contribution in [3.05, 3.63) is 40.8 Å². The molecule has 0 aliphatic carbocycles. The summed E-state index contributed by atoms with van der Waals surface area (Å²) >= 11 is 2.79. The second kappa shape index (κ2) is 7.95. The van der Waals surface area contributed by atoms with Gasteiger partial charge in [0.2, 0.25) is 5.91 Å². The number of hydrogen-bond acceptors (Lipinski definition) is 8. The van der Waals surface area contributed by atoms with Gasteiger partial charge in [-0.15, -0.1) is 22.7 Å². The topological polar surface area (TPSA) is 85.4 Å². The molecule has 0 fully saturated rings. The highest BCUT2D eigenvalue weighted by Gasteiger charge is 2.11. The minimum atomic E-state index is -0.147. The summed E-state index contributed by atoms with van der Waals surface area (Å²) < 4.78 is 10.6. The van der Waals surface area contributed by atoms with E-state index in [0.29, 0.717) is 27.5 Å². The summed E-state index contributed by atoms with van der Waals surface area (Å²) in [7, 11) is 3.21. The van der Waals surface area contributed by atoms with E-state index in [9.17, 15) is 4.79 Å². The Morgan fingerprint density at radius 2 is 2.08 bits per heavy atom. The molecule has 0 radical (unpaired) electrons. The predicted octanol–water partition coefficient (Wildman–Crippen LogP) is 3.54. The molecule has 0 saturated heterocycles. The Bertz CT molecular complexity index is 849. The molecule has 7 nitrogen and oxygen atoms in total. The predicted molar refractivity (Wildman–Crippen MR) is 99.4 cm³/mol. The van der Waals surface area contributed by atoms with Crippen molar-refractivity contribution in [2.45, 2.75) is 6.42 Å². The largest absolute Gasteiger partial charge is 0.497 e. The smallest absolute Gasteiger partial charge is 0.232 e. The fraction of sp³-hybridized carbons (Fsp3) is 0.188. The summed E-state index contributed by atoms with van der Waals surface area (Å²) in [4.78, 5) is 20.5. The zero-order valence-corrected chi connectivity index (χ0v) is 15.2. The molecule has 2 N–H and O–H groups in total. The summed E-state index contributed by atoms with van der Waals surface area (Å²) in [6.45, 7) is 0. The summed E-state index contributed by atoms with van der Waals surface area (Å²) in [6.07, 6.45) is 1.83. The highest BCUT2D eigenvalue weighted by Crippen LogP contribution is 2.32. The van der Waals surface area contributed by atoms with Crippen molar-refractivity contribution >= 4 is 44.5 Å². The summed E-state index contributed by atoms with van der Waals surface area (Å²) in [5, 5.41) is 10.8. The van der Waals surface area contributed by atoms with E-state index in [1.807, 2.05) is 29.0 Å². The van der Waals surface area contributed by atoms with E-state index in [1.54, 1.807) is 20.4 Å². The highest BCUT2D eigenvalue weighted by atomic mass is 32.1. The molecule has 0 atom stereocenters. The number of aromatic nitrogens is 2. The van der Waals surface area contributed by atoms with Crippen molar-refractivity contribution in [1.82, 2.24) is 9.97 Å². The third kappa shape index (κ3) is 4.46. The Labute approximate surface area is 152 Å². The number of ether oxygens (including phenoxy) is 2. The number of anilines is 3. The molecule has 3 rings (SSSR count). The number of rotatable bonds is 7. The number of benzene rings is 1. The lowest BCUT2D eigenvalue weighted by atomic mass is 10.2. The monoisotopic (exact) mass is 376 g/mol. The van der Waals surface area contributed by atoms with Crippen LogP contribution in [0.3, 0.4) is 0 Å². The van der Waals surface area contributed by atoms with Crippen LogP contribution in [-0.4, -0.2) is 30.1 Å². The van der Waals surface area contributed by atoms with Gasteiger partial charge >= 0.3 is 0 Å². The number of carbonyl (C=O) groups excluding carboxylic acids is 1. The lowest BCUT2D eigenvalue weighted by molar-refractivity contribution is -0.115. The Morgan fingerprint density at radius 1 is 1.20 bits per heavy atom. The van der Waals surface area contributed by atoms with E-state index in [2.05, 4.69) is 20.6 Å². The van der Waals surface area contributed by atoms with E-state index in [4.69, 9.17) is 9.47 Å². The van der Waals surface area contributed by atoms with Gasteiger partial charge in [0.25, 0.3) is 0 Å². The van der Waals surface area contributed by atoms with E-state index >= 15 is 0 Å². The average Bonchev–Trinajstić information content (AvgIpc) is 3.27. The number of carbonyl (C=O) groups is 1. The normalized spacial score (nSPS) is 10.3. The van der Waals surface area contributed by atoms with Crippen LogP contribution in [0.25, 0.3) is 0 Å². The third-order valence-electron chi connectivity index (χ3n) is 3.22. The minimum absolute atomic E-state index is 0.147. The molecule has 0 bridgehead atoms. The Balaban J connectivity index is 1.66. The standard InChI is InChI=1S/C16H16N4O3S2/c1-22-11-3-4-13(23-2)12(8-11)19-16-18-10(9-25-16)7-14(21)20-15-17-5-6-24-15/h3-6,8-9H,7H2,1-2H3,(H,18,19)(H,17,20,21). The van der Waals surface area contributed by atoms with Crippen LogP contribution >= 0.6 is 22.7 Å². The molecular formula is C16H16N4O3S2. The molecule has 0 spiro atoms. The summed E-state index contributed by atoms with van der Waals surface area (Å²) in [5.41, 5.74) is 1.43. The van der Waals surface area contributed by atoms with Crippen LogP contribution in [0.4, 0.5) is 16.0 Å². The van der Waals surface area contributed by atoms with Gasteiger partial charge in [-0.25, -0.2) is 9.97 Å². The SMILES string of the molecule is COc1ccc(OC)c(Nc2nc(CC(=O)Nc3nccs3)cs2)c1. The van der Waals surface area contributed by atoms with Crippen molar-refractivity contribution in [3.8, 4) is 11.5 Å². The molecule has 0 saturated carbocycles. The van der Waals surface area contributed by atoms with Gasteiger partial charge in [-0.2, -0.15) is 0 Å². The Hall–Kier alpha value is -2.65. The number of nitrogens with zero attached hydrogens (tertiary/aromatic N) is 2. The van der Waals surface area contributed by atoms with Gasteiger partial charge in [0.1, 0.15) is 11.5 Å². The Kier molecular flexibility index (Phi) is 5.46. The van der Waals surface area contributed by atoms with Gasteiger partial charge in [-0.3, -0.25) is 4.79 Å². The number of nitrogens with one attached hydrogen (secondary N) is 2. The van der Waals surface area contributed by atoms with Crippen LogP contribution < -0.4 is 20.1 Å². The molecule has 2 heterocycles. The fourth-order valence-corrected chi connectivity index (χ4v) is 3.35. The highest BCUT2D eigenvalue weighted by molar-refractivity contribution is 7.14. The molecule has 0 aliphatic heterocycles. The van der Waals surface area contributed by atoms with Gasteiger partial charge in [0, 0.05) is 23.0 Å². The van der Waals surface area contributed by atoms with Crippen LogP contribution in [0, 0.1) is 0 Å². The van der Waals surface area contributed by atoms with E-state index in [1.165, 1.54) is 22.7 Å². The molecular weight excluding hydrogens is 360 g/mol. The van der Waals surface area contributed by atoms with Gasteiger partial charge in [-0.05, 0) is 12.1 Å². The van der Waals surface area contributed by atoms with Gasteiger partial charge in [0.05, 0.1) is 32.0 Å². The van der Waals surface area contributed by atoms with E-state index in [-0.39, 0.29) is 12.3 Å². The average molecular weight is 376 g/mol. The van der Waals surface area contributed by atoms with E-state index < -0.39 is 0 Å². The number of amides is 1. The van der Waals surface area contributed by atoms with Gasteiger partial charge < -0.3 is 20.1 Å². The molecule has 1 aromatic carbocycles. The number of methoxy groups -OCH3 is 2. The molecule has 2 aromatic heterocycles. The van der Waals surface area contributed by atoms with Gasteiger partial charge in [0.15, 0.2) is 10.3 Å². The molecule has 1 amide bonds. The summed E-state index contributed by atoms with van der Waals surface area (Å²) in [6, 6.07) is 5.46. The minimum Gasteiger partial charge on any atom is -0.497 e. The number of hydrogen-bond donors (Lipinski definition) is 2. The fourth-order valence-electron chi connectivity index (χ4n) is 2.09. The van der Waals surface area contributed by atoms with Crippen molar-refractivity contribution in [3.63, 3.8) is 0 Å². The first-order chi connectivity index (χ1) is 12.2. The first kappa shape index (κ1) is 17.2. The molecule has 0 unspecified atom stereocenters. The molecule has 0 aliphatic rings. The van der Waals surface area contributed by atoms with Crippen molar-refractivity contribution in [2.75, 3.05) is 24.9 Å². The quantitative estimate of drug-likeness (QED) is 0.656. The van der Waals surface area contributed by atoms with Crippen molar-refractivity contribution in [1.29, 1.82) is 0 Å². The first-order valence-corrected chi connectivity index (χ1v) is 9.06. The van der Waals surface area contributed by atoms with Crippen LogP contribution in [0.5, 0.6) is 11.5 Å². The van der Waals surface area contributed by atoms with Crippen molar-refractivity contribution < 1.29 is 14.3 Å². The van der Waals surface area contributed by atoms with E-state index in [0.717, 1.165) is 5.69 Å². The van der Waals surface area contributed by atoms with Gasteiger partial charge in [-0.1, -0.05) is 0 Å². The maximum absolute atomic E-state index is 12.0. The zero-order valence-electron chi connectivity index (χ0n) is 13.6. The molecule has 130 valence electrons. The Morgan fingerprint density at radius 3 is 2.80 bits per heavy atom. The zero-order chi connectivity index (χ0) is 17.6. The summed E-state index contributed by atoms with van der Waals surface area (Å²) in [5.74, 6) is 1.24. The first-order valence-electron chi connectivity index (χ1n) is 7.30. The molecule has 25 heavy (non-hydrogen) atoms. The third-order valence-corrected chi connectivity index (χ3v) is 4.72. The van der Waals surface area contributed by atoms with Crippen LogP contribution in [-0.2, 0) is 11.2 Å². The lowest BCUT2D eigenvalue weighted by Gasteiger charge is -2.10. The lowest BCUT2D eigenvalue weighted by Crippen LogP contribution is -2.14. The second-order valence-corrected chi connectivity index (χ2v) is 6.65. The number of thiazole rings is 2. The molecule has 9 heteroatoms. The van der Waals surface area contributed by atoms with Crippen molar-refractivity contribution in [2.24, 2.45) is 0 Å².